The number of hydrogen-bond acceptors (Lipinski definition) is 4. The van der Waals surface area contributed by atoms with Crippen molar-refractivity contribution in [3.05, 3.63) is 24.2 Å². The molecule has 1 atom stereocenters. The van der Waals surface area contributed by atoms with Crippen LogP contribution >= 0.6 is 0 Å². The summed E-state index contributed by atoms with van der Waals surface area (Å²) in [6.07, 6.45) is 3.02. The van der Waals surface area contributed by atoms with Crippen LogP contribution in [0.25, 0.3) is 5.65 Å². The Morgan fingerprint density at radius 1 is 1.50 bits per heavy atom. The Bertz CT molecular complexity index is 518. The molecule has 0 radical (unpaired) electrons. The van der Waals surface area contributed by atoms with E-state index in [4.69, 9.17) is 5.73 Å². The zero-order valence-electron chi connectivity index (χ0n) is 9.30. The van der Waals surface area contributed by atoms with Crippen LogP contribution in [-0.2, 0) is 0 Å². The SMILES string of the molecule is CN1CCC(c2nc3c(N)cccn3n2)C1. The molecule has 2 aromatic heterocycles. The number of hydrogen-bond donors (Lipinski definition) is 1. The van der Waals surface area contributed by atoms with Crippen LogP contribution in [0.1, 0.15) is 18.2 Å². The summed E-state index contributed by atoms with van der Waals surface area (Å²) in [6, 6.07) is 3.75. The summed E-state index contributed by atoms with van der Waals surface area (Å²) in [5.41, 5.74) is 7.32. The van der Waals surface area contributed by atoms with E-state index in [1.165, 1.54) is 0 Å². The lowest BCUT2D eigenvalue weighted by atomic mass is 10.1. The second-order valence-corrected chi connectivity index (χ2v) is 4.45. The maximum atomic E-state index is 5.86. The van der Waals surface area contributed by atoms with Crippen molar-refractivity contribution < 1.29 is 0 Å². The Kier molecular flexibility index (Phi) is 2.07. The van der Waals surface area contributed by atoms with Gasteiger partial charge in [0.1, 0.15) is 0 Å². The van der Waals surface area contributed by atoms with Gasteiger partial charge in [0.15, 0.2) is 11.5 Å². The number of nitrogens with zero attached hydrogens (tertiary/aromatic N) is 4. The van der Waals surface area contributed by atoms with Gasteiger partial charge in [0.05, 0.1) is 5.69 Å². The van der Waals surface area contributed by atoms with E-state index in [0.717, 1.165) is 31.0 Å². The van der Waals surface area contributed by atoms with Gasteiger partial charge in [-0.05, 0) is 32.1 Å². The molecular weight excluding hydrogens is 202 g/mol. The van der Waals surface area contributed by atoms with Crippen LogP contribution in [0.3, 0.4) is 0 Å². The van der Waals surface area contributed by atoms with Gasteiger partial charge in [0.25, 0.3) is 0 Å². The first-order valence-electron chi connectivity index (χ1n) is 5.53. The van der Waals surface area contributed by atoms with Gasteiger partial charge in [-0.3, -0.25) is 0 Å². The minimum atomic E-state index is 0.448. The van der Waals surface area contributed by atoms with Gasteiger partial charge in [0, 0.05) is 18.7 Å². The summed E-state index contributed by atoms with van der Waals surface area (Å²) in [5.74, 6) is 1.37. The molecule has 1 aliphatic heterocycles. The Labute approximate surface area is 93.9 Å². The van der Waals surface area contributed by atoms with Gasteiger partial charge in [0.2, 0.25) is 0 Å². The van der Waals surface area contributed by atoms with Crippen LogP contribution in [0.15, 0.2) is 18.3 Å². The second-order valence-electron chi connectivity index (χ2n) is 4.45. The molecule has 2 N–H and O–H groups in total. The number of fused-ring (bicyclic) bond motifs is 1. The molecule has 0 aliphatic carbocycles. The summed E-state index contributed by atoms with van der Waals surface area (Å²) in [4.78, 5) is 6.83. The topological polar surface area (TPSA) is 59.5 Å². The highest BCUT2D eigenvalue weighted by atomic mass is 15.3. The standard InChI is InChI=1S/C11H15N5/c1-15-6-4-8(7-15)10-13-11-9(12)3-2-5-16(11)14-10/h2-3,5,8H,4,6-7,12H2,1H3. The van der Waals surface area contributed by atoms with E-state index >= 15 is 0 Å². The van der Waals surface area contributed by atoms with Gasteiger partial charge in [-0.2, -0.15) is 5.10 Å². The lowest BCUT2D eigenvalue weighted by Crippen LogP contribution is -2.13. The van der Waals surface area contributed by atoms with E-state index in [0.29, 0.717) is 11.6 Å². The predicted molar refractivity (Wildman–Crippen MR) is 62.3 cm³/mol. The number of nitrogens with two attached hydrogens (primary N) is 1. The van der Waals surface area contributed by atoms with Crippen molar-refractivity contribution in [3.8, 4) is 0 Å². The lowest BCUT2D eigenvalue weighted by Gasteiger charge is -2.05. The highest BCUT2D eigenvalue weighted by Crippen LogP contribution is 2.24. The summed E-state index contributed by atoms with van der Waals surface area (Å²) < 4.78 is 1.77. The monoisotopic (exact) mass is 217 g/mol. The number of likely N-dealkylation sites (N-methyl/N-ethyl adjacent to an activating group) is 1. The maximum Gasteiger partial charge on any atom is 0.178 e. The average Bonchev–Trinajstić information content (AvgIpc) is 2.84. The third-order valence-electron chi connectivity index (χ3n) is 3.17. The molecule has 0 bridgehead atoms. The zero-order valence-corrected chi connectivity index (χ0v) is 9.30. The van der Waals surface area contributed by atoms with Crippen LogP contribution in [0.5, 0.6) is 0 Å². The molecule has 0 spiro atoms. The third kappa shape index (κ3) is 1.44. The third-order valence-corrected chi connectivity index (χ3v) is 3.17. The van der Waals surface area contributed by atoms with Crippen LogP contribution in [0.2, 0.25) is 0 Å². The summed E-state index contributed by atoms with van der Waals surface area (Å²) in [7, 11) is 2.13. The van der Waals surface area contributed by atoms with Crippen molar-refractivity contribution in [2.45, 2.75) is 12.3 Å². The molecule has 5 heteroatoms. The number of pyridine rings is 1. The molecule has 0 amide bonds. The molecule has 3 heterocycles. The Hall–Kier alpha value is -1.62. The first kappa shape index (κ1) is 9.59. The average molecular weight is 217 g/mol. The molecule has 1 unspecified atom stereocenters. The van der Waals surface area contributed by atoms with E-state index in [2.05, 4.69) is 22.0 Å². The fourth-order valence-corrected chi connectivity index (χ4v) is 2.26. The Morgan fingerprint density at radius 2 is 2.38 bits per heavy atom. The van der Waals surface area contributed by atoms with Crippen LogP contribution < -0.4 is 5.73 Å². The largest absolute Gasteiger partial charge is 0.396 e. The number of nitrogen functional groups attached to an aromatic ring is 1. The summed E-state index contributed by atoms with van der Waals surface area (Å²) in [5, 5.41) is 4.49. The van der Waals surface area contributed by atoms with E-state index in [1.807, 2.05) is 18.3 Å². The fourth-order valence-electron chi connectivity index (χ4n) is 2.26. The van der Waals surface area contributed by atoms with Crippen molar-refractivity contribution in [2.75, 3.05) is 25.9 Å². The second kappa shape index (κ2) is 3.45. The molecule has 16 heavy (non-hydrogen) atoms. The highest BCUT2D eigenvalue weighted by molar-refractivity contribution is 5.63. The Morgan fingerprint density at radius 3 is 3.06 bits per heavy atom. The highest BCUT2D eigenvalue weighted by Gasteiger charge is 2.24. The van der Waals surface area contributed by atoms with Crippen molar-refractivity contribution in [1.82, 2.24) is 19.5 Å². The van der Waals surface area contributed by atoms with E-state index in [9.17, 15) is 0 Å². The lowest BCUT2D eigenvalue weighted by molar-refractivity contribution is 0.409. The van der Waals surface area contributed by atoms with Crippen LogP contribution in [0.4, 0.5) is 5.69 Å². The molecule has 5 nitrogen and oxygen atoms in total. The van der Waals surface area contributed by atoms with Gasteiger partial charge in [-0.15, -0.1) is 0 Å². The maximum absolute atomic E-state index is 5.86. The predicted octanol–water partition coefficient (Wildman–Crippen LogP) is 0.731. The summed E-state index contributed by atoms with van der Waals surface area (Å²) in [6.45, 7) is 2.16. The van der Waals surface area contributed by atoms with Gasteiger partial charge in [-0.25, -0.2) is 9.50 Å². The van der Waals surface area contributed by atoms with Crippen molar-refractivity contribution in [2.24, 2.45) is 0 Å². The van der Waals surface area contributed by atoms with E-state index in [1.54, 1.807) is 4.52 Å². The molecular formula is C11H15N5. The zero-order chi connectivity index (χ0) is 11.1. The van der Waals surface area contributed by atoms with E-state index in [-0.39, 0.29) is 0 Å². The molecule has 1 saturated heterocycles. The molecule has 1 aliphatic rings. The molecule has 1 fully saturated rings. The molecule has 84 valence electrons. The summed E-state index contributed by atoms with van der Waals surface area (Å²) >= 11 is 0. The number of aromatic nitrogens is 3. The van der Waals surface area contributed by atoms with Crippen molar-refractivity contribution >= 4 is 11.3 Å². The van der Waals surface area contributed by atoms with Gasteiger partial charge in [-0.1, -0.05) is 0 Å². The fraction of sp³-hybridized carbons (Fsp3) is 0.455. The van der Waals surface area contributed by atoms with Gasteiger partial charge >= 0.3 is 0 Å². The first-order valence-corrected chi connectivity index (χ1v) is 5.53. The molecule has 2 aromatic rings. The van der Waals surface area contributed by atoms with E-state index < -0.39 is 0 Å². The smallest absolute Gasteiger partial charge is 0.178 e. The van der Waals surface area contributed by atoms with Crippen molar-refractivity contribution in [3.63, 3.8) is 0 Å². The normalized spacial score (nSPS) is 21.9. The van der Waals surface area contributed by atoms with Crippen LogP contribution in [-0.4, -0.2) is 39.6 Å². The minimum absolute atomic E-state index is 0.448. The van der Waals surface area contributed by atoms with Crippen LogP contribution in [0, 0.1) is 0 Å². The quantitative estimate of drug-likeness (QED) is 0.765. The number of anilines is 1. The Balaban J connectivity index is 2.02. The molecule has 3 rings (SSSR count). The number of likely N-dealkylation sites (tertiary alicyclic amines) is 1. The van der Waals surface area contributed by atoms with Gasteiger partial charge < -0.3 is 10.6 Å². The minimum Gasteiger partial charge on any atom is -0.396 e. The van der Waals surface area contributed by atoms with Crippen molar-refractivity contribution in [1.29, 1.82) is 0 Å². The number of rotatable bonds is 1. The molecule has 0 aromatic carbocycles. The first-order chi connectivity index (χ1) is 7.74. The molecule has 0 saturated carbocycles.